The number of anilines is 1. The molecule has 2 N–H and O–H groups in total. The van der Waals surface area contributed by atoms with Gasteiger partial charge in [-0.25, -0.2) is 13.4 Å². The molecule has 0 spiro atoms. The molecule has 13 heteroatoms. The van der Waals surface area contributed by atoms with E-state index in [9.17, 15) is 17.2 Å². The van der Waals surface area contributed by atoms with Crippen LogP contribution >= 0.6 is 11.3 Å². The molecule has 0 fully saturated rings. The molecule has 0 atom stereocenters. The minimum atomic E-state index is -3.75. The number of nitrogens with one attached hydrogen (secondary N) is 2. The van der Waals surface area contributed by atoms with Gasteiger partial charge in [-0.05, 0) is 13.0 Å². The molecule has 0 radical (unpaired) electrons. The number of thiazole rings is 1. The van der Waals surface area contributed by atoms with E-state index in [-0.39, 0.29) is 33.4 Å². The van der Waals surface area contributed by atoms with E-state index in [2.05, 4.69) is 14.7 Å². The number of hydrogen-bond donors (Lipinski definition) is 2. The highest BCUT2D eigenvalue weighted by Gasteiger charge is 2.24. The molecule has 148 valence electrons. The summed E-state index contributed by atoms with van der Waals surface area (Å²) < 4.78 is 55.1. The fourth-order valence-corrected chi connectivity index (χ4v) is 3.87. The van der Waals surface area contributed by atoms with Crippen molar-refractivity contribution in [1.82, 2.24) is 9.97 Å². The summed E-state index contributed by atoms with van der Waals surface area (Å²) in [6.45, 7) is 1.24. The quantitative estimate of drug-likeness (QED) is 0.512. The van der Waals surface area contributed by atoms with Gasteiger partial charge in [0.1, 0.15) is 16.0 Å². The van der Waals surface area contributed by atoms with Crippen molar-refractivity contribution in [2.75, 3.05) is 10.1 Å². The van der Waals surface area contributed by atoms with Crippen molar-refractivity contribution in [3.63, 3.8) is 0 Å². The molecule has 2 heterocycles. The van der Waals surface area contributed by atoms with Gasteiger partial charge in [0.05, 0.1) is 35.9 Å². The molecule has 0 aromatic carbocycles. The van der Waals surface area contributed by atoms with Gasteiger partial charge in [0, 0.05) is 6.20 Å². The Kier molecular flexibility index (Phi) is 6.71. The zero-order valence-electron chi connectivity index (χ0n) is 14.4. The van der Waals surface area contributed by atoms with Crippen LogP contribution in [0.25, 0.3) is 0 Å². The van der Waals surface area contributed by atoms with Gasteiger partial charge in [-0.15, -0.1) is 11.3 Å². The molecule has 2 rings (SSSR count). The summed E-state index contributed by atoms with van der Waals surface area (Å²) >= 11 is 0.860. The van der Waals surface area contributed by atoms with Crippen LogP contribution in [0.3, 0.4) is 0 Å². The van der Waals surface area contributed by atoms with Crippen LogP contribution in [-0.2, 0) is 21.3 Å². The zero-order valence-corrected chi connectivity index (χ0v) is 16.0. The van der Waals surface area contributed by atoms with Gasteiger partial charge in [-0.2, -0.15) is 14.0 Å². The lowest BCUT2D eigenvalue weighted by Crippen LogP contribution is -2.32. The highest BCUT2D eigenvalue weighted by Crippen LogP contribution is 2.24. The average molecular weight is 428 g/mol. The summed E-state index contributed by atoms with van der Waals surface area (Å²) in [5.74, 6) is -2.27. The van der Waals surface area contributed by atoms with E-state index in [0.717, 1.165) is 15.6 Å². The van der Waals surface area contributed by atoms with E-state index in [1.54, 1.807) is 0 Å². The second kappa shape index (κ2) is 8.81. The Morgan fingerprint density at radius 3 is 2.71 bits per heavy atom. The molecule has 0 bridgehead atoms. The van der Waals surface area contributed by atoms with Gasteiger partial charge in [0.2, 0.25) is 15.9 Å². The van der Waals surface area contributed by atoms with Crippen LogP contribution in [-0.4, -0.2) is 42.4 Å². The van der Waals surface area contributed by atoms with E-state index in [0.29, 0.717) is 0 Å². The molecule has 0 amide bonds. The Bertz CT molecular complexity index is 1030. The van der Waals surface area contributed by atoms with Crippen LogP contribution < -0.4 is 4.31 Å². The lowest BCUT2D eigenvalue weighted by Gasteiger charge is -2.22. The summed E-state index contributed by atoms with van der Waals surface area (Å²) in [5, 5.41) is 23.8. The van der Waals surface area contributed by atoms with Crippen LogP contribution in [0.2, 0.25) is 0 Å². The first-order valence-electron chi connectivity index (χ1n) is 7.61. The predicted molar refractivity (Wildman–Crippen MR) is 98.4 cm³/mol. The maximum atomic E-state index is 12.5. The van der Waals surface area contributed by atoms with Crippen molar-refractivity contribution in [2.45, 2.75) is 19.9 Å². The molecule has 2 aromatic heterocycles. The predicted octanol–water partition coefficient (Wildman–Crippen LogP) is 2.35. The number of sulfonamides is 1. The Morgan fingerprint density at radius 1 is 1.39 bits per heavy atom. The van der Waals surface area contributed by atoms with Gasteiger partial charge in [0.15, 0.2) is 0 Å². The van der Waals surface area contributed by atoms with Gasteiger partial charge < -0.3 is 4.74 Å². The first-order chi connectivity index (χ1) is 13.2. The maximum Gasteiger partial charge on any atom is 0.312 e. The first kappa shape index (κ1) is 21.3. The smallest absolute Gasteiger partial charge is 0.312 e. The van der Waals surface area contributed by atoms with Crippen LogP contribution in [0.15, 0.2) is 24.7 Å². The van der Waals surface area contributed by atoms with Crippen LogP contribution in [0, 0.1) is 22.1 Å². The lowest BCUT2D eigenvalue weighted by molar-refractivity contribution is 0.197. The topological polar surface area (TPSA) is 144 Å². The van der Waals surface area contributed by atoms with Gasteiger partial charge in [0.25, 0.3) is 5.90 Å². The van der Waals surface area contributed by atoms with Crippen LogP contribution in [0.4, 0.5) is 14.5 Å². The van der Waals surface area contributed by atoms with Crippen molar-refractivity contribution in [2.24, 2.45) is 0 Å². The highest BCUT2D eigenvalue weighted by atomic mass is 32.2. The number of nitrogens with zero attached hydrogens (tertiary/aromatic N) is 4. The average Bonchev–Trinajstić information content (AvgIpc) is 3.14. The number of nitriles is 1. The first-order valence-corrected chi connectivity index (χ1v) is 10.0. The van der Waals surface area contributed by atoms with Crippen LogP contribution in [0.1, 0.15) is 22.4 Å². The lowest BCUT2D eigenvalue weighted by atomic mass is 10.3. The minimum Gasteiger partial charge on any atom is -0.418 e. The highest BCUT2D eigenvalue weighted by molar-refractivity contribution is 7.92. The SMILES string of the molecule is CCS(=O)(=O)N(Cc1ncc(C(=N)OC(=N)C(F)F)s1)c1cncc(C#N)c1. The summed E-state index contributed by atoms with van der Waals surface area (Å²) in [4.78, 5) is 7.90. The van der Waals surface area contributed by atoms with E-state index in [4.69, 9.17) is 16.1 Å². The number of aromatic nitrogens is 2. The molecular weight excluding hydrogens is 414 g/mol. The van der Waals surface area contributed by atoms with Gasteiger partial charge >= 0.3 is 6.43 Å². The van der Waals surface area contributed by atoms with Crippen molar-refractivity contribution >= 4 is 38.8 Å². The number of halogens is 2. The largest absolute Gasteiger partial charge is 0.418 e. The molecular formula is C15H14F2N6O3S2. The number of rotatable bonds is 7. The molecule has 0 saturated heterocycles. The fourth-order valence-electron chi connectivity index (χ4n) is 1.95. The molecule has 9 nitrogen and oxygen atoms in total. The fraction of sp³-hybridized carbons (Fsp3) is 0.267. The normalized spacial score (nSPS) is 11.1. The Balaban J connectivity index is 2.29. The Labute approximate surface area is 163 Å². The second-order valence-electron chi connectivity index (χ2n) is 5.17. The molecule has 0 aliphatic rings. The summed E-state index contributed by atoms with van der Waals surface area (Å²) in [5.41, 5.74) is 0.345. The third-order valence-corrected chi connectivity index (χ3v) is 6.03. The van der Waals surface area contributed by atoms with Crippen molar-refractivity contribution in [3.05, 3.63) is 40.1 Å². The Morgan fingerprint density at radius 2 is 2.11 bits per heavy atom. The van der Waals surface area contributed by atoms with E-state index in [1.807, 2.05) is 6.07 Å². The maximum absolute atomic E-state index is 12.5. The molecule has 2 aromatic rings. The number of ether oxygens (including phenoxy) is 1. The zero-order chi connectivity index (χ0) is 20.9. The van der Waals surface area contributed by atoms with Gasteiger partial charge in [-0.1, -0.05) is 0 Å². The number of pyridine rings is 1. The Hall–Kier alpha value is -2.98. The van der Waals surface area contributed by atoms with E-state index >= 15 is 0 Å². The summed E-state index contributed by atoms with van der Waals surface area (Å²) in [7, 11) is -3.75. The van der Waals surface area contributed by atoms with E-state index in [1.165, 1.54) is 31.6 Å². The molecule has 0 aliphatic carbocycles. The second-order valence-corrected chi connectivity index (χ2v) is 8.46. The third-order valence-electron chi connectivity index (χ3n) is 3.31. The van der Waals surface area contributed by atoms with E-state index < -0.39 is 28.2 Å². The molecule has 0 aliphatic heterocycles. The monoisotopic (exact) mass is 428 g/mol. The molecule has 28 heavy (non-hydrogen) atoms. The third kappa shape index (κ3) is 5.05. The van der Waals surface area contributed by atoms with Crippen molar-refractivity contribution < 1.29 is 21.9 Å². The number of alkyl halides is 2. The van der Waals surface area contributed by atoms with Crippen molar-refractivity contribution in [1.29, 1.82) is 16.1 Å². The molecule has 0 unspecified atom stereocenters. The minimum absolute atomic E-state index is 0.0538. The molecule has 0 saturated carbocycles. The van der Waals surface area contributed by atoms with Crippen LogP contribution in [0.5, 0.6) is 0 Å². The standard InChI is InChI=1S/C15H14F2N6O3S2/c1-2-28(24,25)23(10-3-9(4-18)5-21-6-10)8-12-22-7-11(27-12)14(19)26-15(20)13(16)17/h3,5-7,13,19-20H,2,8H2,1H3. The van der Waals surface area contributed by atoms with Crippen molar-refractivity contribution in [3.8, 4) is 6.07 Å². The summed E-state index contributed by atoms with van der Waals surface area (Å²) in [6, 6.07) is 3.24. The van der Waals surface area contributed by atoms with Gasteiger partial charge in [-0.3, -0.25) is 20.1 Å². The summed E-state index contributed by atoms with van der Waals surface area (Å²) in [6.07, 6.45) is 0.593. The number of hydrogen-bond acceptors (Lipinski definition) is 9.